The van der Waals surface area contributed by atoms with Gasteiger partial charge in [0.2, 0.25) is 5.91 Å². The molecule has 1 aliphatic heterocycles. The first-order valence-electron chi connectivity index (χ1n) is 6.29. The van der Waals surface area contributed by atoms with Crippen molar-refractivity contribution in [1.29, 1.82) is 0 Å². The van der Waals surface area contributed by atoms with Gasteiger partial charge in [-0.25, -0.2) is 4.79 Å². The Bertz CT molecular complexity index is 304. The van der Waals surface area contributed by atoms with Crippen LogP contribution in [0.4, 0.5) is 4.79 Å². The number of ether oxygens (including phenoxy) is 1. The van der Waals surface area contributed by atoms with Crippen LogP contribution in [0.3, 0.4) is 0 Å². The minimum atomic E-state index is -0.483. The molecule has 18 heavy (non-hydrogen) atoms. The highest BCUT2D eigenvalue weighted by atomic mass is 16.6. The number of rotatable bonds is 2. The third kappa shape index (κ3) is 4.52. The number of hydrogen-bond donors (Lipinski definition) is 1. The molecule has 0 radical (unpaired) electrons. The predicted octanol–water partition coefficient (Wildman–Crippen LogP) is 0.415. The quantitative estimate of drug-likeness (QED) is 0.777. The van der Waals surface area contributed by atoms with E-state index in [0.717, 1.165) is 0 Å². The van der Waals surface area contributed by atoms with Gasteiger partial charge in [-0.2, -0.15) is 0 Å². The summed E-state index contributed by atoms with van der Waals surface area (Å²) < 4.78 is 5.28. The maximum Gasteiger partial charge on any atom is 0.410 e. The van der Waals surface area contributed by atoms with E-state index >= 15 is 0 Å². The van der Waals surface area contributed by atoms with Crippen molar-refractivity contribution in [3.8, 4) is 0 Å². The predicted molar refractivity (Wildman–Crippen MR) is 68.1 cm³/mol. The molecule has 104 valence electrons. The summed E-state index contributed by atoms with van der Waals surface area (Å²) in [4.78, 5) is 26.8. The maximum absolute atomic E-state index is 11.8. The summed E-state index contributed by atoms with van der Waals surface area (Å²) in [5, 5.41) is 0. The number of nitrogens with two attached hydrogens (primary N) is 1. The van der Waals surface area contributed by atoms with E-state index in [9.17, 15) is 9.59 Å². The molecule has 0 aliphatic carbocycles. The SMILES string of the molecule is CC(C)(C)OC(=O)N1CCN(C(=O)CCN)CC1. The molecule has 0 aromatic rings. The van der Waals surface area contributed by atoms with Gasteiger partial charge in [0.1, 0.15) is 5.60 Å². The molecule has 0 aromatic heterocycles. The van der Waals surface area contributed by atoms with E-state index in [0.29, 0.717) is 39.1 Å². The Morgan fingerprint density at radius 2 is 1.61 bits per heavy atom. The topological polar surface area (TPSA) is 75.9 Å². The van der Waals surface area contributed by atoms with E-state index in [2.05, 4.69) is 0 Å². The number of carbonyl (C=O) groups is 2. The van der Waals surface area contributed by atoms with E-state index in [1.165, 1.54) is 0 Å². The molecule has 1 rings (SSSR count). The third-order valence-corrected chi connectivity index (χ3v) is 2.64. The number of piperazine rings is 1. The fourth-order valence-electron chi connectivity index (χ4n) is 1.75. The Kier molecular flexibility index (Phi) is 4.95. The fourth-order valence-corrected chi connectivity index (χ4v) is 1.75. The van der Waals surface area contributed by atoms with E-state index in [1.807, 2.05) is 20.8 Å². The maximum atomic E-state index is 11.8. The number of nitrogens with zero attached hydrogens (tertiary/aromatic N) is 2. The smallest absolute Gasteiger partial charge is 0.410 e. The van der Waals surface area contributed by atoms with Crippen LogP contribution in [0.25, 0.3) is 0 Å². The molecule has 0 spiro atoms. The van der Waals surface area contributed by atoms with E-state index in [-0.39, 0.29) is 12.0 Å². The second kappa shape index (κ2) is 6.04. The third-order valence-electron chi connectivity index (χ3n) is 2.64. The van der Waals surface area contributed by atoms with Crippen molar-refractivity contribution in [3.05, 3.63) is 0 Å². The van der Waals surface area contributed by atoms with Crippen LogP contribution in [0.1, 0.15) is 27.2 Å². The number of hydrogen-bond acceptors (Lipinski definition) is 4. The van der Waals surface area contributed by atoms with Crippen molar-refractivity contribution in [1.82, 2.24) is 9.80 Å². The van der Waals surface area contributed by atoms with Crippen LogP contribution in [0.2, 0.25) is 0 Å². The fraction of sp³-hybridized carbons (Fsp3) is 0.833. The lowest BCUT2D eigenvalue weighted by Gasteiger charge is -2.35. The molecule has 2 N–H and O–H groups in total. The van der Waals surface area contributed by atoms with Crippen LogP contribution in [-0.2, 0) is 9.53 Å². The van der Waals surface area contributed by atoms with E-state index in [1.54, 1.807) is 9.80 Å². The van der Waals surface area contributed by atoms with E-state index in [4.69, 9.17) is 10.5 Å². The largest absolute Gasteiger partial charge is 0.444 e. The monoisotopic (exact) mass is 257 g/mol. The minimum Gasteiger partial charge on any atom is -0.444 e. The second-order valence-electron chi connectivity index (χ2n) is 5.39. The van der Waals surface area contributed by atoms with Crippen molar-refractivity contribution < 1.29 is 14.3 Å². The summed E-state index contributed by atoms with van der Waals surface area (Å²) in [7, 11) is 0. The molecule has 0 atom stereocenters. The molecule has 6 nitrogen and oxygen atoms in total. The second-order valence-corrected chi connectivity index (χ2v) is 5.39. The molecule has 0 unspecified atom stereocenters. The van der Waals surface area contributed by atoms with Crippen LogP contribution < -0.4 is 5.73 Å². The molecule has 0 bridgehead atoms. The van der Waals surface area contributed by atoms with Crippen LogP contribution >= 0.6 is 0 Å². The Labute approximate surface area is 108 Å². The summed E-state index contributed by atoms with van der Waals surface area (Å²) in [6, 6.07) is 0. The molecule has 6 heteroatoms. The highest BCUT2D eigenvalue weighted by Crippen LogP contribution is 2.12. The first-order valence-corrected chi connectivity index (χ1v) is 6.29. The average Bonchev–Trinajstić information content (AvgIpc) is 2.27. The molecule has 0 aromatic carbocycles. The molecule has 1 heterocycles. The summed E-state index contributed by atoms with van der Waals surface area (Å²) in [6.45, 7) is 8.03. The van der Waals surface area contributed by atoms with Crippen molar-refractivity contribution in [2.24, 2.45) is 5.73 Å². The lowest BCUT2D eigenvalue weighted by molar-refractivity contribution is -0.132. The molecule has 1 fully saturated rings. The zero-order valence-electron chi connectivity index (χ0n) is 11.4. The van der Waals surface area contributed by atoms with Gasteiger partial charge >= 0.3 is 6.09 Å². The summed E-state index contributed by atoms with van der Waals surface area (Å²) in [6.07, 6.45) is 0.0559. The van der Waals surface area contributed by atoms with Gasteiger partial charge in [-0.1, -0.05) is 0 Å². The normalized spacial score (nSPS) is 16.7. The van der Waals surface area contributed by atoms with Crippen LogP contribution in [0.15, 0.2) is 0 Å². The molecular weight excluding hydrogens is 234 g/mol. The molecule has 1 aliphatic rings. The van der Waals surface area contributed by atoms with Crippen molar-refractivity contribution >= 4 is 12.0 Å². The summed E-state index contributed by atoms with van der Waals surface area (Å²) in [5.41, 5.74) is 4.87. The van der Waals surface area contributed by atoms with Gasteiger partial charge in [-0.15, -0.1) is 0 Å². The highest BCUT2D eigenvalue weighted by Gasteiger charge is 2.27. The van der Waals surface area contributed by atoms with Gasteiger partial charge in [0.25, 0.3) is 0 Å². The number of carbonyl (C=O) groups excluding carboxylic acids is 2. The molecule has 0 saturated carbocycles. The first-order chi connectivity index (χ1) is 8.33. The number of amides is 2. The highest BCUT2D eigenvalue weighted by molar-refractivity contribution is 5.77. The lowest BCUT2D eigenvalue weighted by atomic mass is 10.2. The summed E-state index contributed by atoms with van der Waals surface area (Å²) >= 11 is 0. The van der Waals surface area contributed by atoms with Gasteiger partial charge in [-0.3, -0.25) is 4.79 Å². The Hall–Kier alpha value is -1.30. The van der Waals surface area contributed by atoms with Crippen LogP contribution in [-0.4, -0.2) is 60.1 Å². The zero-order chi connectivity index (χ0) is 13.8. The van der Waals surface area contributed by atoms with Crippen LogP contribution in [0, 0.1) is 0 Å². The van der Waals surface area contributed by atoms with Gasteiger partial charge in [0.05, 0.1) is 0 Å². The first kappa shape index (κ1) is 14.8. The van der Waals surface area contributed by atoms with E-state index < -0.39 is 5.60 Å². The van der Waals surface area contributed by atoms with Gasteiger partial charge in [0.15, 0.2) is 0 Å². The zero-order valence-corrected chi connectivity index (χ0v) is 11.4. The lowest BCUT2D eigenvalue weighted by Crippen LogP contribution is -2.51. The van der Waals surface area contributed by atoms with Gasteiger partial charge in [-0.05, 0) is 20.8 Å². The van der Waals surface area contributed by atoms with Gasteiger partial charge < -0.3 is 20.3 Å². The average molecular weight is 257 g/mol. The molecule has 1 saturated heterocycles. The Balaban J connectivity index is 2.39. The Morgan fingerprint density at radius 3 is 2.06 bits per heavy atom. The van der Waals surface area contributed by atoms with Crippen LogP contribution in [0.5, 0.6) is 0 Å². The molecule has 2 amide bonds. The molecular formula is C12H23N3O3. The standard InChI is InChI=1S/C12H23N3O3/c1-12(2,3)18-11(17)15-8-6-14(7-9-15)10(16)4-5-13/h4-9,13H2,1-3H3. The minimum absolute atomic E-state index is 0.0568. The van der Waals surface area contributed by atoms with Crippen molar-refractivity contribution in [3.63, 3.8) is 0 Å². The summed E-state index contributed by atoms with van der Waals surface area (Å²) in [5.74, 6) is 0.0568. The van der Waals surface area contributed by atoms with Gasteiger partial charge in [0, 0.05) is 39.1 Å². The van der Waals surface area contributed by atoms with Crippen molar-refractivity contribution in [2.45, 2.75) is 32.8 Å². The van der Waals surface area contributed by atoms with Crippen molar-refractivity contribution in [2.75, 3.05) is 32.7 Å². The Morgan fingerprint density at radius 1 is 1.11 bits per heavy atom.